The minimum Gasteiger partial charge on any atom is -0.491 e. The Morgan fingerprint density at radius 3 is 2.41 bits per heavy atom. The number of hydrogen-bond acceptors (Lipinski definition) is 7. The van der Waals surface area contributed by atoms with Crippen molar-refractivity contribution in [2.24, 2.45) is 11.5 Å². The lowest BCUT2D eigenvalue weighted by atomic mass is 10.0. The van der Waals surface area contributed by atoms with Crippen LogP contribution < -0.4 is 21.5 Å². The molecular formula is C40H46ClN5O5. The van der Waals surface area contributed by atoms with E-state index in [1.54, 1.807) is 17.0 Å². The first-order chi connectivity index (χ1) is 24.8. The van der Waals surface area contributed by atoms with Gasteiger partial charge in [0, 0.05) is 11.4 Å². The number of ether oxygens (including phenoxy) is 2. The van der Waals surface area contributed by atoms with Gasteiger partial charge in [-0.2, -0.15) is 0 Å². The van der Waals surface area contributed by atoms with E-state index in [9.17, 15) is 14.4 Å². The maximum atomic E-state index is 14.7. The Kier molecular flexibility index (Phi) is 12.2. The van der Waals surface area contributed by atoms with Crippen LogP contribution in [-0.4, -0.2) is 77.6 Å². The van der Waals surface area contributed by atoms with Crippen molar-refractivity contribution in [1.29, 1.82) is 0 Å². The molecule has 268 valence electrons. The Morgan fingerprint density at radius 1 is 0.902 bits per heavy atom. The first kappa shape index (κ1) is 36.3. The highest BCUT2D eigenvalue weighted by Gasteiger charge is 2.54. The maximum absolute atomic E-state index is 14.7. The zero-order valence-corrected chi connectivity index (χ0v) is 29.4. The molecule has 1 unspecified atom stereocenters. The molecule has 4 aromatic rings. The summed E-state index contributed by atoms with van der Waals surface area (Å²) >= 11 is 6.16. The number of rotatable bonds is 16. The third-order valence-corrected chi connectivity index (χ3v) is 9.98. The van der Waals surface area contributed by atoms with Crippen LogP contribution in [0.2, 0.25) is 5.02 Å². The molecule has 51 heavy (non-hydrogen) atoms. The second-order valence-corrected chi connectivity index (χ2v) is 13.8. The van der Waals surface area contributed by atoms with Gasteiger partial charge in [0.15, 0.2) is 0 Å². The van der Waals surface area contributed by atoms with E-state index in [0.717, 1.165) is 34.1 Å². The van der Waals surface area contributed by atoms with Crippen LogP contribution in [0.1, 0.15) is 43.2 Å². The monoisotopic (exact) mass is 711 g/mol. The fourth-order valence-corrected chi connectivity index (χ4v) is 7.21. The SMILES string of the molecule is NCCCC[C@H]1C(=O)N2C(CC[C@@H]2COc2ccc3ccccc3c2)N1C(=O)[C@@H](Cc1ccc(Cl)cc1)NC(=O)[C@@H](N)COCc1ccccc1. The standard InChI is InChI=1S/C40H46ClN5O5/c41-31-16-13-27(14-17-31)22-35(44-38(47)34(43)26-50-24-28-8-2-1-3-9-28)39(48)46-36(12-6-7-21-42)40(49)45-32(18-20-37(45)46)25-51-33-19-15-29-10-4-5-11-30(29)23-33/h1-5,8-11,13-17,19,23,32,34-37H,6-7,12,18,20-22,24-26,42-43H2,(H,44,47)/t32-,34+,35-,36+,37?/m1/s1. The normalized spacial score (nSPS) is 19.6. The molecular weight excluding hydrogens is 666 g/mol. The average Bonchev–Trinajstić information content (AvgIpc) is 3.69. The fraction of sp³-hybridized carbons (Fsp3) is 0.375. The summed E-state index contributed by atoms with van der Waals surface area (Å²) in [5, 5.41) is 5.67. The number of nitrogens with zero attached hydrogens (tertiary/aromatic N) is 2. The molecule has 2 saturated heterocycles. The van der Waals surface area contributed by atoms with Crippen LogP contribution in [0.25, 0.3) is 10.8 Å². The van der Waals surface area contributed by atoms with Gasteiger partial charge < -0.3 is 36.1 Å². The van der Waals surface area contributed by atoms with Gasteiger partial charge in [0.25, 0.3) is 0 Å². The first-order valence-corrected chi connectivity index (χ1v) is 18.1. The smallest absolute Gasteiger partial charge is 0.247 e. The predicted octanol–water partition coefficient (Wildman–Crippen LogP) is 4.80. The highest BCUT2D eigenvalue weighted by molar-refractivity contribution is 6.30. The minimum absolute atomic E-state index is 0.0260. The third kappa shape index (κ3) is 8.88. The Bertz CT molecular complexity index is 1790. The third-order valence-electron chi connectivity index (χ3n) is 9.73. The molecule has 0 bridgehead atoms. The Labute approximate surface area is 304 Å². The summed E-state index contributed by atoms with van der Waals surface area (Å²) in [7, 11) is 0. The summed E-state index contributed by atoms with van der Waals surface area (Å²) in [6, 6.07) is 27.9. The van der Waals surface area contributed by atoms with Crippen molar-refractivity contribution in [1.82, 2.24) is 15.1 Å². The highest BCUT2D eigenvalue weighted by atomic mass is 35.5. The number of amides is 3. The maximum Gasteiger partial charge on any atom is 0.247 e. The summed E-state index contributed by atoms with van der Waals surface area (Å²) in [5.74, 6) is -0.209. The number of hydrogen-bond donors (Lipinski definition) is 3. The van der Waals surface area contributed by atoms with Crippen molar-refractivity contribution in [3.8, 4) is 5.75 Å². The van der Waals surface area contributed by atoms with Crippen molar-refractivity contribution in [2.45, 2.75) is 75.5 Å². The van der Waals surface area contributed by atoms with Crippen molar-refractivity contribution < 1.29 is 23.9 Å². The van der Waals surface area contributed by atoms with E-state index in [2.05, 4.69) is 11.4 Å². The lowest BCUT2D eigenvalue weighted by Crippen LogP contribution is -2.57. The van der Waals surface area contributed by atoms with E-state index >= 15 is 0 Å². The second kappa shape index (κ2) is 17.2. The highest BCUT2D eigenvalue weighted by Crippen LogP contribution is 2.38. The summed E-state index contributed by atoms with van der Waals surface area (Å²) < 4.78 is 12.0. The van der Waals surface area contributed by atoms with Crippen LogP contribution in [0.15, 0.2) is 97.1 Å². The quantitative estimate of drug-likeness (QED) is 0.142. The van der Waals surface area contributed by atoms with Gasteiger partial charge in [0.1, 0.15) is 36.6 Å². The molecule has 6 rings (SSSR count). The predicted molar refractivity (Wildman–Crippen MR) is 198 cm³/mol. The number of unbranched alkanes of at least 4 members (excludes halogenated alkanes) is 1. The van der Waals surface area contributed by atoms with Crippen LogP contribution in [-0.2, 0) is 32.1 Å². The van der Waals surface area contributed by atoms with Crippen molar-refractivity contribution in [3.63, 3.8) is 0 Å². The summed E-state index contributed by atoms with van der Waals surface area (Å²) in [6.07, 6.45) is 2.92. The average molecular weight is 712 g/mol. The van der Waals surface area contributed by atoms with Gasteiger partial charge in [-0.25, -0.2) is 0 Å². The Morgan fingerprint density at radius 2 is 1.65 bits per heavy atom. The minimum atomic E-state index is -1.01. The molecule has 0 aromatic heterocycles. The van der Waals surface area contributed by atoms with Gasteiger partial charge in [-0.1, -0.05) is 84.4 Å². The zero-order chi connectivity index (χ0) is 35.7. The number of fused-ring (bicyclic) bond motifs is 2. The van der Waals surface area contributed by atoms with Crippen LogP contribution in [0.3, 0.4) is 0 Å². The molecule has 3 amide bonds. The lowest BCUT2D eigenvalue weighted by Gasteiger charge is -2.32. The topological polar surface area (TPSA) is 140 Å². The number of halogens is 1. The van der Waals surface area contributed by atoms with Crippen molar-refractivity contribution in [2.75, 3.05) is 19.8 Å². The van der Waals surface area contributed by atoms with Gasteiger partial charge in [0.2, 0.25) is 17.7 Å². The summed E-state index contributed by atoms with van der Waals surface area (Å²) in [6.45, 7) is 1.07. The van der Waals surface area contributed by atoms with Crippen LogP contribution >= 0.6 is 11.6 Å². The van der Waals surface area contributed by atoms with Crippen LogP contribution in [0.5, 0.6) is 5.75 Å². The molecule has 4 aromatic carbocycles. The lowest BCUT2D eigenvalue weighted by molar-refractivity contribution is -0.141. The second-order valence-electron chi connectivity index (χ2n) is 13.3. The Balaban J connectivity index is 1.19. The number of benzene rings is 4. The van der Waals surface area contributed by atoms with E-state index in [-0.39, 0.29) is 30.9 Å². The number of nitrogens with two attached hydrogens (primary N) is 2. The van der Waals surface area contributed by atoms with E-state index in [0.29, 0.717) is 50.5 Å². The molecule has 0 aliphatic carbocycles. The van der Waals surface area contributed by atoms with Crippen molar-refractivity contribution in [3.05, 3.63) is 113 Å². The number of nitrogens with one attached hydrogen (secondary N) is 1. The largest absolute Gasteiger partial charge is 0.491 e. The molecule has 2 fully saturated rings. The first-order valence-electron chi connectivity index (χ1n) is 17.7. The van der Waals surface area contributed by atoms with E-state index in [1.807, 2.05) is 83.8 Å². The number of carbonyl (C=O) groups is 3. The van der Waals surface area contributed by atoms with Gasteiger partial charge in [0.05, 0.1) is 19.3 Å². The van der Waals surface area contributed by atoms with Gasteiger partial charge in [-0.3, -0.25) is 14.4 Å². The van der Waals surface area contributed by atoms with Gasteiger partial charge >= 0.3 is 0 Å². The van der Waals surface area contributed by atoms with Crippen molar-refractivity contribution >= 4 is 40.1 Å². The molecule has 10 nitrogen and oxygen atoms in total. The molecule has 2 aliphatic rings. The van der Waals surface area contributed by atoms with E-state index in [4.69, 9.17) is 32.5 Å². The van der Waals surface area contributed by atoms with Crippen LogP contribution in [0, 0.1) is 0 Å². The van der Waals surface area contributed by atoms with Gasteiger partial charge in [-0.05, 0) is 84.8 Å². The molecule has 11 heteroatoms. The molecule has 5 N–H and O–H groups in total. The molecule has 2 heterocycles. The number of carbonyl (C=O) groups excluding carboxylic acids is 3. The zero-order valence-electron chi connectivity index (χ0n) is 28.7. The summed E-state index contributed by atoms with van der Waals surface area (Å²) in [4.78, 5) is 45.9. The summed E-state index contributed by atoms with van der Waals surface area (Å²) in [5.41, 5.74) is 13.9. The molecule has 2 aliphatic heterocycles. The van der Waals surface area contributed by atoms with E-state index < -0.39 is 30.2 Å². The molecule has 0 saturated carbocycles. The van der Waals surface area contributed by atoms with Gasteiger partial charge in [-0.15, -0.1) is 0 Å². The fourth-order valence-electron chi connectivity index (χ4n) is 7.09. The molecule has 0 radical (unpaired) electrons. The molecule has 5 atom stereocenters. The Hall–Kier alpha value is -4.48. The van der Waals surface area contributed by atoms with Crippen LogP contribution in [0.4, 0.5) is 0 Å². The molecule has 0 spiro atoms. The van der Waals surface area contributed by atoms with E-state index in [1.165, 1.54) is 0 Å².